The van der Waals surface area contributed by atoms with Crippen LogP contribution in [0.3, 0.4) is 0 Å². The summed E-state index contributed by atoms with van der Waals surface area (Å²) >= 11 is 0. The van der Waals surface area contributed by atoms with E-state index in [0.717, 1.165) is 22.2 Å². The summed E-state index contributed by atoms with van der Waals surface area (Å²) in [4.78, 5) is 4.47. The van der Waals surface area contributed by atoms with E-state index >= 15 is 0 Å². The van der Waals surface area contributed by atoms with Crippen LogP contribution < -0.4 is 18.9 Å². The van der Waals surface area contributed by atoms with Crippen LogP contribution in [0, 0.1) is 0 Å². The third kappa shape index (κ3) is 4.24. The molecule has 0 N–H and O–H groups in total. The maximum atomic E-state index is 6.07. The van der Waals surface area contributed by atoms with E-state index in [-0.39, 0.29) is 0 Å². The van der Waals surface area contributed by atoms with Crippen LogP contribution >= 0.6 is 0 Å². The third-order valence-corrected chi connectivity index (χ3v) is 4.51. The third-order valence-electron chi connectivity index (χ3n) is 4.51. The van der Waals surface area contributed by atoms with Crippen LogP contribution in [-0.4, -0.2) is 19.2 Å². The average molecular weight is 387 g/mol. The minimum Gasteiger partial charge on any atom is -0.497 e. The first-order valence-electron chi connectivity index (χ1n) is 9.22. The lowest BCUT2D eigenvalue weighted by molar-refractivity contribution is 0.285. The second-order valence-electron chi connectivity index (χ2n) is 6.38. The maximum Gasteiger partial charge on any atom is 0.163 e. The molecule has 4 aromatic rings. The van der Waals surface area contributed by atoms with Gasteiger partial charge in [0.15, 0.2) is 11.5 Å². The van der Waals surface area contributed by atoms with Crippen molar-refractivity contribution in [2.24, 2.45) is 0 Å². The lowest BCUT2D eigenvalue weighted by Gasteiger charge is -2.14. The van der Waals surface area contributed by atoms with E-state index in [9.17, 15) is 0 Å². The number of nitrogens with zero attached hydrogens (tertiary/aromatic N) is 1. The van der Waals surface area contributed by atoms with E-state index in [0.29, 0.717) is 29.6 Å². The second-order valence-corrected chi connectivity index (χ2v) is 6.38. The fourth-order valence-corrected chi connectivity index (χ4v) is 3.00. The predicted octanol–water partition coefficient (Wildman–Crippen LogP) is 5.62. The van der Waals surface area contributed by atoms with Gasteiger partial charge in [0.2, 0.25) is 0 Å². The van der Waals surface area contributed by atoms with Gasteiger partial charge in [0.05, 0.1) is 19.7 Å². The molecule has 29 heavy (non-hydrogen) atoms. The lowest BCUT2D eigenvalue weighted by atomic mass is 10.1. The molecule has 0 aliphatic heterocycles. The van der Waals surface area contributed by atoms with Crippen molar-refractivity contribution in [1.82, 2.24) is 4.98 Å². The molecule has 0 aliphatic carbocycles. The molecule has 0 saturated carbocycles. The summed E-state index contributed by atoms with van der Waals surface area (Å²) in [5.41, 5.74) is 1.85. The first-order valence-corrected chi connectivity index (χ1v) is 9.22. The van der Waals surface area contributed by atoms with Crippen molar-refractivity contribution in [2.45, 2.75) is 6.61 Å². The highest BCUT2D eigenvalue weighted by atomic mass is 16.5. The Bertz CT molecular complexity index is 1100. The molecule has 4 rings (SSSR count). The highest BCUT2D eigenvalue weighted by molar-refractivity contribution is 5.88. The summed E-state index contributed by atoms with van der Waals surface area (Å²) in [6, 6.07) is 23.0. The standard InChI is InChI=1S/C24H21NO4/c1-26-18-8-10-19(11-9-18)29-22-12-13-25-21-15-24(23(27-2)14-20(21)22)28-16-17-6-4-3-5-7-17/h3-15H,16H2,1-2H3. The van der Waals surface area contributed by atoms with Crippen molar-refractivity contribution in [3.63, 3.8) is 0 Å². The van der Waals surface area contributed by atoms with Gasteiger partial charge in [-0.3, -0.25) is 4.98 Å². The number of hydrogen-bond acceptors (Lipinski definition) is 5. The largest absolute Gasteiger partial charge is 0.497 e. The summed E-state index contributed by atoms with van der Waals surface area (Å²) in [7, 11) is 3.26. The predicted molar refractivity (Wildman–Crippen MR) is 112 cm³/mol. The highest BCUT2D eigenvalue weighted by Gasteiger charge is 2.12. The zero-order chi connectivity index (χ0) is 20.1. The molecular weight excluding hydrogens is 366 g/mol. The SMILES string of the molecule is COc1ccc(Oc2ccnc3cc(OCc4ccccc4)c(OC)cc23)cc1. The Labute approximate surface area is 169 Å². The highest BCUT2D eigenvalue weighted by Crippen LogP contribution is 2.37. The number of aromatic nitrogens is 1. The van der Waals surface area contributed by atoms with E-state index in [4.69, 9.17) is 18.9 Å². The molecule has 3 aromatic carbocycles. The van der Waals surface area contributed by atoms with E-state index in [1.54, 1.807) is 20.4 Å². The van der Waals surface area contributed by atoms with Crippen molar-refractivity contribution < 1.29 is 18.9 Å². The van der Waals surface area contributed by atoms with Crippen molar-refractivity contribution in [1.29, 1.82) is 0 Å². The number of methoxy groups -OCH3 is 2. The Morgan fingerprint density at radius 3 is 2.21 bits per heavy atom. The van der Waals surface area contributed by atoms with Crippen LogP contribution in [0.1, 0.15) is 5.56 Å². The van der Waals surface area contributed by atoms with Gasteiger partial charge in [0.1, 0.15) is 23.9 Å². The van der Waals surface area contributed by atoms with Gasteiger partial charge in [0.25, 0.3) is 0 Å². The molecule has 0 saturated heterocycles. The Morgan fingerprint density at radius 2 is 1.48 bits per heavy atom. The fraction of sp³-hybridized carbons (Fsp3) is 0.125. The van der Waals surface area contributed by atoms with Gasteiger partial charge in [0, 0.05) is 17.6 Å². The first kappa shape index (κ1) is 18.6. The summed E-state index contributed by atoms with van der Waals surface area (Å²) in [6.07, 6.45) is 1.72. The maximum absolute atomic E-state index is 6.07. The average Bonchev–Trinajstić information content (AvgIpc) is 2.78. The summed E-state index contributed by atoms with van der Waals surface area (Å²) in [5, 5.41) is 0.840. The van der Waals surface area contributed by atoms with Crippen LogP contribution in [0.25, 0.3) is 10.9 Å². The van der Waals surface area contributed by atoms with Crippen LogP contribution in [0.4, 0.5) is 0 Å². The van der Waals surface area contributed by atoms with Gasteiger partial charge in [-0.1, -0.05) is 30.3 Å². The molecule has 1 heterocycles. The molecule has 0 radical (unpaired) electrons. The van der Waals surface area contributed by atoms with E-state index in [1.165, 1.54) is 0 Å². The molecular formula is C24H21NO4. The van der Waals surface area contributed by atoms with Crippen molar-refractivity contribution in [3.8, 4) is 28.7 Å². The normalized spacial score (nSPS) is 10.6. The Morgan fingerprint density at radius 1 is 0.724 bits per heavy atom. The van der Waals surface area contributed by atoms with Crippen LogP contribution in [0.2, 0.25) is 0 Å². The molecule has 0 bridgehead atoms. The monoisotopic (exact) mass is 387 g/mol. The summed E-state index contributed by atoms with van der Waals surface area (Å²) in [6.45, 7) is 0.449. The first-order chi connectivity index (χ1) is 14.3. The quantitative estimate of drug-likeness (QED) is 0.412. The van der Waals surface area contributed by atoms with Crippen LogP contribution in [0.5, 0.6) is 28.7 Å². The van der Waals surface area contributed by atoms with Crippen LogP contribution in [-0.2, 0) is 6.61 Å². The van der Waals surface area contributed by atoms with E-state index in [1.807, 2.05) is 72.8 Å². The van der Waals surface area contributed by atoms with Gasteiger partial charge >= 0.3 is 0 Å². The fourth-order valence-electron chi connectivity index (χ4n) is 3.00. The minimum atomic E-state index is 0.449. The number of pyridine rings is 1. The molecule has 5 nitrogen and oxygen atoms in total. The number of fused-ring (bicyclic) bond motifs is 1. The summed E-state index contributed by atoms with van der Waals surface area (Å²) < 4.78 is 22.8. The molecule has 0 aliphatic rings. The minimum absolute atomic E-state index is 0.449. The molecule has 1 aromatic heterocycles. The summed E-state index contributed by atoms with van der Waals surface area (Å²) in [5.74, 6) is 3.44. The molecule has 0 spiro atoms. The smallest absolute Gasteiger partial charge is 0.163 e. The van der Waals surface area contributed by atoms with Gasteiger partial charge in [-0.05, 0) is 42.0 Å². The lowest BCUT2D eigenvalue weighted by Crippen LogP contribution is -1.98. The Balaban J connectivity index is 1.63. The molecule has 0 unspecified atom stereocenters. The molecule has 0 amide bonds. The van der Waals surface area contributed by atoms with Crippen molar-refractivity contribution >= 4 is 10.9 Å². The molecule has 0 fully saturated rings. The van der Waals surface area contributed by atoms with E-state index < -0.39 is 0 Å². The Kier molecular flexibility index (Phi) is 5.47. The zero-order valence-electron chi connectivity index (χ0n) is 16.3. The Hall–Kier alpha value is -3.73. The van der Waals surface area contributed by atoms with Crippen molar-refractivity contribution in [2.75, 3.05) is 14.2 Å². The van der Waals surface area contributed by atoms with E-state index in [2.05, 4.69) is 4.98 Å². The topological polar surface area (TPSA) is 49.8 Å². The number of benzene rings is 3. The van der Waals surface area contributed by atoms with Gasteiger partial charge in [-0.25, -0.2) is 0 Å². The number of ether oxygens (including phenoxy) is 4. The van der Waals surface area contributed by atoms with Crippen molar-refractivity contribution in [3.05, 3.63) is 84.6 Å². The second kappa shape index (κ2) is 8.52. The van der Waals surface area contributed by atoms with Crippen LogP contribution in [0.15, 0.2) is 79.0 Å². The molecule has 146 valence electrons. The van der Waals surface area contributed by atoms with Gasteiger partial charge in [-0.15, -0.1) is 0 Å². The number of rotatable bonds is 7. The molecule has 5 heteroatoms. The van der Waals surface area contributed by atoms with Gasteiger partial charge < -0.3 is 18.9 Å². The zero-order valence-corrected chi connectivity index (χ0v) is 16.3. The molecule has 0 atom stereocenters. The van der Waals surface area contributed by atoms with Gasteiger partial charge in [-0.2, -0.15) is 0 Å². The number of hydrogen-bond donors (Lipinski definition) is 0.